The molecule has 8 aromatic carbocycles. The number of aromatic nitrogens is 3. The fourth-order valence-corrected chi connectivity index (χ4v) is 12.3. The number of benzene rings is 8. The Morgan fingerprint density at radius 1 is 0.344 bits per heavy atom. The largest absolute Gasteiger partial charge is 0.264 e. The first-order chi connectivity index (χ1) is 31.5. The molecule has 0 saturated heterocycles. The van der Waals surface area contributed by atoms with Crippen LogP contribution in [0.4, 0.5) is 0 Å². The van der Waals surface area contributed by atoms with Crippen molar-refractivity contribution in [3.8, 4) is 89.5 Å². The standard InChI is InChI=1S/C58H35N3O2S/c62-64(63)55-23-11-8-20-46(55)48-32-52-47(33-56(48)64)44-19-7-10-22-50(44)58(52)49-21-9-6-18-43(49)41-16-4-5-17-42(41)45-29-28-39(31-51(45)58)54-34-53(60-57(61-54)38-13-2-1-3-14-38)37-26-24-36(25-27-37)40-15-12-30-59-35-40/h1-35H. The zero-order valence-electron chi connectivity index (χ0n) is 34.3. The molecule has 2 aliphatic carbocycles. The Bertz CT molecular complexity index is 3680. The number of sulfone groups is 1. The van der Waals surface area contributed by atoms with Gasteiger partial charge in [0.2, 0.25) is 9.84 Å². The quantitative estimate of drug-likeness (QED) is 0.177. The van der Waals surface area contributed by atoms with E-state index < -0.39 is 15.3 Å². The molecule has 0 radical (unpaired) electrons. The van der Waals surface area contributed by atoms with Crippen molar-refractivity contribution in [3.63, 3.8) is 0 Å². The molecule has 1 spiro atoms. The Kier molecular flexibility index (Phi) is 7.84. The van der Waals surface area contributed by atoms with Gasteiger partial charge in [-0.1, -0.05) is 164 Å². The third-order valence-electron chi connectivity index (χ3n) is 13.4. The summed E-state index contributed by atoms with van der Waals surface area (Å²) >= 11 is 0. The molecule has 6 heteroatoms. The van der Waals surface area contributed by atoms with Gasteiger partial charge in [0.15, 0.2) is 5.82 Å². The van der Waals surface area contributed by atoms with Gasteiger partial charge in [-0.05, 0) is 103 Å². The van der Waals surface area contributed by atoms with Crippen LogP contribution in [0.2, 0.25) is 0 Å². The predicted octanol–water partition coefficient (Wildman–Crippen LogP) is 13.4. The number of pyridine rings is 1. The van der Waals surface area contributed by atoms with Gasteiger partial charge in [0.05, 0.1) is 26.6 Å². The maximum absolute atomic E-state index is 14.3. The topological polar surface area (TPSA) is 72.8 Å². The molecule has 2 aromatic heterocycles. The predicted molar refractivity (Wildman–Crippen MR) is 254 cm³/mol. The number of rotatable bonds is 4. The summed E-state index contributed by atoms with van der Waals surface area (Å²) in [7, 11) is -3.73. The molecule has 1 aliphatic heterocycles. The van der Waals surface area contributed by atoms with E-state index in [1.807, 2.05) is 54.7 Å². The van der Waals surface area contributed by atoms with E-state index in [4.69, 9.17) is 9.97 Å². The van der Waals surface area contributed by atoms with Crippen molar-refractivity contribution in [1.82, 2.24) is 15.0 Å². The average Bonchev–Trinajstić information content (AvgIpc) is 3.73. The SMILES string of the molecule is O=S1(=O)c2ccccc2-c2cc3c(cc21)-c1ccccc1C31c2ccccc2-c2ccccc2-c2ccc(-c3cc(-c4ccc(-c5cccnc5)cc4)nc(-c4ccccc4)n3)cc21. The molecule has 1 atom stereocenters. The molecule has 0 fully saturated rings. The maximum atomic E-state index is 14.3. The van der Waals surface area contributed by atoms with Gasteiger partial charge in [-0.15, -0.1) is 0 Å². The molecular formula is C58H35N3O2S. The zero-order valence-corrected chi connectivity index (χ0v) is 35.1. The third-order valence-corrected chi connectivity index (χ3v) is 15.2. The van der Waals surface area contributed by atoms with Crippen LogP contribution in [-0.4, -0.2) is 23.4 Å². The highest BCUT2D eigenvalue weighted by Gasteiger charge is 2.51. The minimum absolute atomic E-state index is 0.355. The van der Waals surface area contributed by atoms with Crippen LogP contribution in [0.5, 0.6) is 0 Å². The van der Waals surface area contributed by atoms with Crippen molar-refractivity contribution < 1.29 is 8.42 Å². The lowest BCUT2D eigenvalue weighted by Crippen LogP contribution is -2.29. The van der Waals surface area contributed by atoms with Gasteiger partial charge in [0.25, 0.3) is 0 Å². The summed E-state index contributed by atoms with van der Waals surface area (Å²) in [4.78, 5) is 15.6. The van der Waals surface area contributed by atoms with Crippen molar-refractivity contribution >= 4 is 9.84 Å². The van der Waals surface area contributed by atoms with Crippen LogP contribution >= 0.6 is 0 Å². The van der Waals surface area contributed by atoms with Crippen LogP contribution in [0, 0.1) is 0 Å². The molecule has 13 rings (SSSR count). The van der Waals surface area contributed by atoms with Gasteiger partial charge < -0.3 is 0 Å². The minimum atomic E-state index is -3.73. The second-order valence-electron chi connectivity index (χ2n) is 16.7. The summed E-state index contributed by atoms with van der Waals surface area (Å²) in [5, 5.41) is 0. The van der Waals surface area contributed by atoms with Gasteiger partial charge >= 0.3 is 0 Å². The first-order valence-corrected chi connectivity index (χ1v) is 22.9. The lowest BCUT2D eigenvalue weighted by Gasteiger charge is -2.36. The number of hydrogen-bond acceptors (Lipinski definition) is 5. The molecule has 10 aromatic rings. The number of hydrogen-bond donors (Lipinski definition) is 0. The third kappa shape index (κ3) is 5.17. The smallest absolute Gasteiger partial charge is 0.207 e. The maximum Gasteiger partial charge on any atom is 0.207 e. The van der Waals surface area contributed by atoms with E-state index in [1.54, 1.807) is 12.3 Å². The summed E-state index contributed by atoms with van der Waals surface area (Å²) in [6.45, 7) is 0. The fraction of sp³-hybridized carbons (Fsp3) is 0.0172. The molecule has 64 heavy (non-hydrogen) atoms. The molecule has 5 nitrogen and oxygen atoms in total. The van der Waals surface area contributed by atoms with E-state index in [9.17, 15) is 8.42 Å². The van der Waals surface area contributed by atoms with Crippen molar-refractivity contribution in [2.24, 2.45) is 0 Å². The van der Waals surface area contributed by atoms with Crippen LogP contribution in [0.1, 0.15) is 22.3 Å². The molecule has 3 aliphatic rings. The van der Waals surface area contributed by atoms with Gasteiger partial charge in [-0.3, -0.25) is 4.98 Å². The molecule has 3 heterocycles. The molecule has 0 saturated carbocycles. The summed E-state index contributed by atoms with van der Waals surface area (Å²) in [6.07, 6.45) is 3.66. The van der Waals surface area contributed by atoms with Crippen LogP contribution < -0.4 is 0 Å². The summed E-state index contributed by atoms with van der Waals surface area (Å²) < 4.78 is 28.6. The normalized spacial score (nSPS) is 15.5. The van der Waals surface area contributed by atoms with E-state index in [1.165, 1.54) is 0 Å². The van der Waals surface area contributed by atoms with Crippen LogP contribution in [0.15, 0.2) is 222 Å². The van der Waals surface area contributed by atoms with E-state index in [2.05, 4.69) is 151 Å². The molecule has 1 unspecified atom stereocenters. The van der Waals surface area contributed by atoms with Crippen molar-refractivity contribution in [2.75, 3.05) is 0 Å². The first-order valence-electron chi connectivity index (χ1n) is 21.4. The summed E-state index contributed by atoms with van der Waals surface area (Å²) in [6, 6.07) is 69.0. The van der Waals surface area contributed by atoms with Crippen LogP contribution in [0.3, 0.4) is 0 Å². The minimum Gasteiger partial charge on any atom is -0.264 e. The first kappa shape index (κ1) is 36.6. The van der Waals surface area contributed by atoms with E-state index in [0.717, 1.165) is 106 Å². The number of fused-ring (bicyclic) bond motifs is 15. The molecular weight excluding hydrogens is 803 g/mol. The van der Waals surface area contributed by atoms with E-state index in [-0.39, 0.29) is 0 Å². The fourth-order valence-electron chi connectivity index (χ4n) is 10.6. The molecule has 300 valence electrons. The van der Waals surface area contributed by atoms with Crippen molar-refractivity contribution in [1.29, 1.82) is 0 Å². The monoisotopic (exact) mass is 837 g/mol. The van der Waals surface area contributed by atoms with Crippen molar-refractivity contribution in [3.05, 3.63) is 235 Å². The van der Waals surface area contributed by atoms with Crippen LogP contribution in [-0.2, 0) is 15.3 Å². The lowest BCUT2D eigenvalue weighted by atomic mass is 9.65. The Labute approximate surface area is 371 Å². The Morgan fingerprint density at radius 2 is 0.891 bits per heavy atom. The van der Waals surface area contributed by atoms with Gasteiger partial charge in [0.1, 0.15) is 0 Å². The highest BCUT2D eigenvalue weighted by atomic mass is 32.2. The molecule has 0 amide bonds. The Morgan fingerprint density at radius 3 is 1.59 bits per heavy atom. The second kappa shape index (κ2) is 13.7. The Balaban J connectivity index is 1.10. The summed E-state index contributed by atoms with van der Waals surface area (Å²) in [5.74, 6) is 0.636. The average molecular weight is 838 g/mol. The van der Waals surface area contributed by atoms with Gasteiger partial charge in [-0.25, -0.2) is 18.4 Å². The van der Waals surface area contributed by atoms with Gasteiger partial charge in [-0.2, -0.15) is 0 Å². The van der Waals surface area contributed by atoms with Gasteiger partial charge in [0, 0.05) is 40.2 Å². The van der Waals surface area contributed by atoms with Crippen molar-refractivity contribution in [2.45, 2.75) is 15.2 Å². The van der Waals surface area contributed by atoms with E-state index in [0.29, 0.717) is 15.6 Å². The second-order valence-corrected chi connectivity index (χ2v) is 18.6. The highest BCUT2D eigenvalue weighted by molar-refractivity contribution is 7.92. The van der Waals surface area contributed by atoms with E-state index >= 15 is 0 Å². The molecule has 0 bridgehead atoms. The van der Waals surface area contributed by atoms with Crippen LogP contribution in [0.25, 0.3) is 89.5 Å². The zero-order chi connectivity index (χ0) is 42.6. The lowest BCUT2D eigenvalue weighted by molar-refractivity contribution is 0.598. The number of nitrogens with zero attached hydrogens (tertiary/aromatic N) is 3. The summed E-state index contributed by atoms with van der Waals surface area (Å²) in [5.41, 5.74) is 18.1. The highest BCUT2D eigenvalue weighted by Crippen LogP contribution is 2.63. The Hall–Kier alpha value is -8.06. The molecule has 0 N–H and O–H groups in total.